The number of thiocarbonyl (C=S) groups is 1. The van der Waals surface area contributed by atoms with E-state index < -0.39 is 17.8 Å². The highest BCUT2D eigenvalue weighted by atomic mass is 35.5. The van der Waals surface area contributed by atoms with Crippen LogP contribution in [0, 0.1) is 0 Å². The Balaban J connectivity index is 2.22. The topological polar surface area (TPSA) is 64.5 Å². The summed E-state index contributed by atoms with van der Waals surface area (Å²) in [6, 6.07) is 7.65. The van der Waals surface area contributed by atoms with Gasteiger partial charge in [0, 0.05) is 11.3 Å². The number of hydrogen-bond donors (Lipinski definition) is 4. The number of anilines is 2. The van der Waals surface area contributed by atoms with Crippen molar-refractivity contribution in [2.45, 2.75) is 19.2 Å². The van der Waals surface area contributed by atoms with Crippen LogP contribution < -0.4 is 10.6 Å². The SMILES string of the molecule is CC(O)c1cc(NC(=S)Nc2ccccc2C(F)(F)F)cc(Cl)c1O. The van der Waals surface area contributed by atoms with E-state index in [9.17, 15) is 23.4 Å². The second kappa shape index (κ2) is 7.47. The molecule has 4 nitrogen and oxygen atoms in total. The van der Waals surface area contributed by atoms with Crippen molar-refractivity contribution in [2.24, 2.45) is 0 Å². The Labute approximate surface area is 152 Å². The molecule has 1 unspecified atom stereocenters. The van der Waals surface area contributed by atoms with Crippen molar-refractivity contribution in [1.82, 2.24) is 0 Å². The van der Waals surface area contributed by atoms with Gasteiger partial charge in [-0.05, 0) is 43.4 Å². The normalized spacial score (nSPS) is 12.6. The van der Waals surface area contributed by atoms with E-state index >= 15 is 0 Å². The van der Waals surface area contributed by atoms with Crippen LogP contribution in [0.25, 0.3) is 0 Å². The summed E-state index contributed by atoms with van der Waals surface area (Å²) in [5.74, 6) is -0.275. The van der Waals surface area contributed by atoms with Crippen LogP contribution in [0.3, 0.4) is 0 Å². The van der Waals surface area contributed by atoms with Gasteiger partial charge in [0.1, 0.15) is 5.75 Å². The van der Waals surface area contributed by atoms with Crippen molar-refractivity contribution in [2.75, 3.05) is 10.6 Å². The summed E-state index contributed by atoms with van der Waals surface area (Å²) < 4.78 is 39.0. The van der Waals surface area contributed by atoms with E-state index in [-0.39, 0.29) is 27.1 Å². The van der Waals surface area contributed by atoms with Gasteiger partial charge in [0.25, 0.3) is 0 Å². The molecule has 9 heteroatoms. The Morgan fingerprint density at radius 2 is 1.84 bits per heavy atom. The van der Waals surface area contributed by atoms with E-state index in [2.05, 4.69) is 10.6 Å². The number of aliphatic hydroxyl groups excluding tert-OH is 1. The molecule has 0 heterocycles. The Kier molecular flexibility index (Phi) is 5.76. The van der Waals surface area contributed by atoms with Crippen LogP contribution in [0.1, 0.15) is 24.2 Å². The molecule has 0 amide bonds. The van der Waals surface area contributed by atoms with Gasteiger partial charge in [-0.25, -0.2) is 0 Å². The number of nitrogens with one attached hydrogen (secondary N) is 2. The zero-order chi connectivity index (χ0) is 18.8. The van der Waals surface area contributed by atoms with Crippen molar-refractivity contribution in [1.29, 1.82) is 0 Å². The first-order valence-electron chi connectivity index (χ1n) is 7.04. The fourth-order valence-electron chi connectivity index (χ4n) is 2.13. The number of aromatic hydroxyl groups is 1. The minimum Gasteiger partial charge on any atom is -0.506 e. The van der Waals surface area contributed by atoms with E-state index in [1.165, 1.54) is 37.3 Å². The lowest BCUT2D eigenvalue weighted by Crippen LogP contribution is -2.21. The molecule has 0 radical (unpaired) electrons. The van der Waals surface area contributed by atoms with Crippen LogP contribution in [0.5, 0.6) is 5.75 Å². The molecule has 0 aliphatic heterocycles. The summed E-state index contributed by atoms with van der Waals surface area (Å²) in [4.78, 5) is 0. The van der Waals surface area contributed by atoms with Crippen LogP contribution in [-0.4, -0.2) is 15.3 Å². The third-order valence-corrected chi connectivity index (χ3v) is 3.77. The number of phenolic OH excluding ortho intramolecular Hbond substituents is 1. The van der Waals surface area contributed by atoms with Gasteiger partial charge in [0.15, 0.2) is 5.11 Å². The number of benzene rings is 2. The number of rotatable bonds is 3. The predicted molar refractivity (Wildman–Crippen MR) is 95.0 cm³/mol. The third-order valence-electron chi connectivity index (χ3n) is 3.28. The number of alkyl halides is 3. The quantitative estimate of drug-likeness (QED) is 0.442. The van der Waals surface area contributed by atoms with Gasteiger partial charge in [0.05, 0.1) is 22.4 Å². The second-order valence-electron chi connectivity index (χ2n) is 5.19. The molecule has 25 heavy (non-hydrogen) atoms. The van der Waals surface area contributed by atoms with E-state index in [1.807, 2.05) is 0 Å². The number of aliphatic hydroxyl groups is 1. The van der Waals surface area contributed by atoms with Crippen molar-refractivity contribution < 1.29 is 23.4 Å². The highest BCUT2D eigenvalue weighted by molar-refractivity contribution is 7.80. The van der Waals surface area contributed by atoms with Crippen molar-refractivity contribution in [3.8, 4) is 5.75 Å². The molecule has 0 bridgehead atoms. The van der Waals surface area contributed by atoms with Gasteiger partial charge < -0.3 is 20.8 Å². The number of para-hydroxylation sites is 1. The van der Waals surface area contributed by atoms with Gasteiger partial charge >= 0.3 is 6.18 Å². The lowest BCUT2D eigenvalue weighted by Gasteiger charge is -2.17. The molecule has 2 aromatic carbocycles. The van der Waals surface area contributed by atoms with E-state index in [0.717, 1.165) is 6.07 Å². The summed E-state index contributed by atoms with van der Waals surface area (Å²) in [5, 5.41) is 24.5. The summed E-state index contributed by atoms with van der Waals surface area (Å²) in [5.41, 5.74) is -0.588. The number of phenols is 1. The van der Waals surface area contributed by atoms with E-state index in [1.54, 1.807) is 0 Å². The molecule has 0 saturated heterocycles. The van der Waals surface area contributed by atoms with Gasteiger partial charge in [0.2, 0.25) is 0 Å². The van der Waals surface area contributed by atoms with Gasteiger partial charge in [-0.1, -0.05) is 23.7 Å². The zero-order valence-corrected chi connectivity index (χ0v) is 14.4. The highest BCUT2D eigenvalue weighted by Crippen LogP contribution is 2.36. The average Bonchev–Trinajstić information content (AvgIpc) is 2.49. The zero-order valence-electron chi connectivity index (χ0n) is 12.9. The maximum atomic E-state index is 13.0. The summed E-state index contributed by atoms with van der Waals surface area (Å²) in [6.07, 6.45) is -5.52. The van der Waals surface area contributed by atoms with Crippen LogP contribution in [-0.2, 0) is 6.18 Å². The molecular formula is C16H14ClF3N2O2S. The van der Waals surface area contributed by atoms with E-state index in [0.29, 0.717) is 5.69 Å². The molecule has 0 saturated carbocycles. The Bertz CT molecular complexity index is 797. The molecule has 1 atom stereocenters. The predicted octanol–water partition coefficient (Wildman–Crippen LogP) is 4.93. The molecule has 0 fully saturated rings. The lowest BCUT2D eigenvalue weighted by molar-refractivity contribution is -0.136. The maximum Gasteiger partial charge on any atom is 0.418 e. The summed E-state index contributed by atoms with van der Waals surface area (Å²) in [7, 11) is 0. The van der Waals surface area contributed by atoms with Crippen LogP contribution in [0.4, 0.5) is 24.5 Å². The Morgan fingerprint density at radius 1 is 1.20 bits per heavy atom. The van der Waals surface area contributed by atoms with Crippen LogP contribution >= 0.6 is 23.8 Å². The summed E-state index contributed by atoms with van der Waals surface area (Å²) in [6.45, 7) is 1.44. The Hall–Kier alpha value is -2.03. The molecule has 2 aromatic rings. The van der Waals surface area contributed by atoms with E-state index in [4.69, 9.17) is 23.8 Å². The van der Waals surface area contributed by atoms with Crippen LogP contribution in [0.2, 0.25) is 5.02 Å². The summed E-state index contributed by atoms with van der Waals surface area (Å²) >= 11 is 10.9. The first-order chi connectivity index (χ1) is 11.6. The molecule has 2 rings (SSSR count). The van der Waals surface area contributed by atoms with Gasteiger partial charge in [-0.3, -0.25) is 0 Å². The first-order valence-corrected chi connectivity index (χ1v) is 7.83. The first kappa shape index (κ1) is 19.3. The molecule has 134 valence electrons. The lowest BCUT2D eigenvalue weighted by atomic mass is 10.1. The standard InChI is InChI=1S/C16H14ClF3N2O2S/c1-8(23)10-6-9(7-12(17)14(10)24)21-15(25)22-13-5-3-2-4-11(13)16(18,19)20/h2-8,23-24H,1H3,(H2,21,22,25). The third kappa shape index (κ3) is 4.75. The maximum absolute atomic E-state index is 13.0. The molecule has 4 N–H and O–H groups in total. The molecule has 0 aliphatic rings. The van der Waals surface area contributed by atoms with Crippen molar-refractivity contribution in [3.05, 3.63) is 52.5 Å². The Morgan fingerprint density at radius 3 is 2.44 bits per heavy atom. The molecule has 0 aliphatic carbocycles. The molecule has 0 aromatic heterocycles. The van der Waals surface area contributed by atoms with Crippen molar-refractivity contribution in [3.63, 3.8) is 0 Å². The molecule has 0 spiro atoms. The molecular weight excluding hydrogens is 377 g/mol. The van der Waals surface area contributed by atoms with Gasteiger partial charge in [-0.15, -0.1) is 0 Å². The minimum absolute atomic E-state index is 0.0283. The average molecular weight is 391 g/mol. The second-order valence-corrected chi connectivity index (χ2v) is 6.01. The highest BCUT2D eigenvalue weighted by Gasteiger charge is 2.33. The number of halogens is 4. The fraction of sp³-hybridized carbons (Fsp3) is 0.188. The van der Waals surface area contributed by atoms with Gasteiger partial charge in [-0.2, -0.15) is 13.2 Å². The smallest absolute Gasteiger partial charge is 0.418 e. The van der Waals surface area contributed by atoms with Crippen LogP contribution in [0.15, 0.2) is 36.4 Å². The largest absolute Gasteiger partial charge is 0.506 e. The monoisotopic (exact) mass is 390 g/mol. The fourth-order valence-corrected chi connectivity index (χ4v) is 2.59. The number of hydrogen-bond acceptors (Lipinski definition) is 3. The minimum atomic E-state index is -4.53. The van der Waals surface area contributed by atoms with Crippen molar-refractivity contribution >= 4 is 40.3 Å².